The number of rotatable bonds is 9. The maximum absolute atomic E-state index is 7.37. The van der Waals surface area contributed by atoms with Crippen molar-refractivity contribution in [2.45, 2.75) is 88.6 Å². The number of halogens is 1. The number of hydrogen-bond donors (Lipinski definition) is 0. The van der Waals surface area contributed by atoms with Crippen molar-refractivity contribution >= 4 is 20.9 Å². The first kappa shape index (κ1) is 27.3. The van der Waals surface area contributed by atoms with E-state index in [1.807, 2.05) is 6.08 Å². The summed E-state index contributed by atoms with van der Waals surface area (Å²) < 4.78 is 0.195. The third-order valence-corrected chi connectivity index (χ3v) is 10.9. The molecule has 1 fully saturated rings. The summed E-state index contributed by atoms with van der Waals surface area (Å²) in [5.41, 5.74) is 8.59. The van der Waals surface area contributed by atoms with Crippen molar-refractivity contribution in [2.75, 3.05) is 22.9 Å². The van der Waals surface area contributed by atoms with Crippen molar-refractivity contribution in [3.05, 3.63) is 71.3 Å². The first-order chi connectivity index (χ1) is 16.1. The number of nitrogens with zero attached hydrogens (tertiary/aromatic N) is 2. The molecule has 4 heteroatoms. The molecule has 1 heterocycles. The summed E-state index contributed by atoms with van der Waals surface area (Å²) in [6.07, 6.45) is 2.03. The third kappa shape index (κ3) is 5.43. The van der Waals surface area contributed by atoms with Crippen LogP contribution in [0.25, 0.3) is 0 Å². The van der Waals surface area contributed by atoms with Gasteiger partial charge in [-0.15, -0.1) is 0 Å². The van der Waals surface area contributed by atoms with Crippen molar-refractivity contribution in [1.29, 1.82) is 0 Å². The summed E-state index contributed by atoms with van der Waals surface area (Å²) in [6, 6.07) is 13.8. The van der Waals surface area contributed by atoms with Gasteiger partial charge in [-0.1, -0.05) is 0 Å². The van der Waals surface area contributed by atoms with Crippen LogP contribution in [0.1, 0.15) is 101 Å². The number of para-hydroxylation sites is 2. The Balaban J connectivity index is 2.25. The summed E-state index contributed by atoms with van der Waals surface area (Å²) in [5.74, 6) is 1.85. The average molecular weight is 575 g/mol. The molecular weight excluding hydrogens is 530 g/mol. The van der Waals surface area contributed by atoms with Crippen LogP contribution >= 0.6 is 9.53 Å². The molecule has 0 N–H and O–H groups in total. The first-order valence-electron chi connectivity index (χ1n) is 12.7. The van der Waals surface area contributed by atoms with Crippen LogP contribution in [0.2, 0.25) is 4.89 Å². The van der Waals surface area contributed by atoms with E-state index < -0.39 is 15.7 Å². The third-order valence-electron chi connectivity index (χ3n) is 6.71. The van der Waals surface area contributed by atoms with Gasteiger partial charge in [0.2, 0.25) is 0 Å². The average Bonchev–Trinajstić information content (AvgIpc) is 3.22. The second-order valence-electron chi connectivity index (χ2n) is 10.6. The molecule has 0 aliphatic carbocycles. The van der Waals surface area contributed by atoms with Gasteiger partial charge in [0.05, 0.1) is 0 Å². The van der Waals surface area contributed by atoms with E-state index in [2.05, 4.69) is 108 Å². The van der Waals surface area contributed by atoms with Crippen molar-refractivity contribution in [3.63, 3.8) is 0 Å². The Morgan fingerprint density at radius 3 is 1.35 bits per heavy atom. The van der Waals surface area contributed by atoms with Gasteiger partial charge >= 0.3 is 219 Å². The van der Waals surface area contributed by atoms with E-state index in [0.717, 1.165) is 18.0 Å². The monoisotopic (exact) mass is 573 g/mol. The predicted octanol–water partition coefficient (Wildman–Crippen LogP) is 9.17. The first-order valence-corrected chi connectivity index (χ1v) is 16.7. The molecule has 34 heavy (non-hydrogen) atoms. The van der Waals surface area contributed by atoms with E-state index in [9.17, 15) is 0 Å². The van der Waals surface area contributed by atoms with Gasteiger partial charge in [-0.2, -0.15) is 0 Å². The molecule has 3 rings (SSSR count). The zero-order chi connectivity index (χ0) is 25.2. The van der Waals surface area contributed by atoms with Gasteiger partial charge in [0.25, 0.3) is 0 Å². The summed E-state index contributed by atoms with van der Waals surface area (Å²) in [7, 11) is 7.37. The molecule has 1 saturated heterocycles. The molecule has 2 aromatic rings. The minimum absolute atomic E-state index is 0.195. The van der Waals surface area contributed by atoms with Crippen LogP contribution in [0.15, 0.2) is 49.1 Å². The minimum atomic E-state index is -1.45. The fourth-order valence-electron chi connectivity index (χ4n) is 5.06. The normalized spacial score (nSPS) is 15.4. The molecule has 2 aromatic carbocycles. The van der Waals surface area contributed by atoms with Crippen LogP contribution in [0.4, 0.5) is 11.4 Å². The van der Waals surface area contributed by atoms with Gasteiger partial charge in [0.15, 0.2) is 0 Å². The molecule has 0 aromatic heterocycles. The molecule has 0 atom stereocenters. The predicted molar refractivity (Wildman–Crippen MR) is 149 cm³/mol. The van der Waals surface area contributed by atoms with Crippen molar-refractivity contribution in [1.82, 2.24) is 0 Å². The maximum atomic E-state index is 7.37. The van der Waals surface area contributed by atoms with Crippen molar-refractivity contribution < 1.29 is 15.7 Å². The number of benzene rings is 2. The molecule has 0 radical (unpaired) electrons. The quantitative estimate of drug-likeness (QED) is 0.218. The van der Waals surface area contributed by atoms with Crippen LogP contribution in [0, 0.1) is 0 Å². The van der Waals surface area contributed by atoms with E-state index in [1.165, 1.54) is 33.6 Å². The summed E-state index contributed by atoms with van der Waals surface area (Å²) in [6.45, 7) is 24.6. The van der Waals surface area contributed by atoms with Crippen LogP contribution in [0.5, 0.6) is 0 Å². The second-order valence-corrected chi connectivity index (χ2v) is 15.2. The Morgan fingerprint density at radius 1 is 0.765 bits per heavy atom. The second kappa shape index (κ2) is 11.6. The summed E-state index contributed by atoms with van der Waals surface area (Å²) in [4.78, 5) is 6.24. The zero-order valence-electron chi connectivity index (χ0n) is 22.3. The van der Waals surface area contributed by atoms with Crippen molar-refractivity contribution in [3.8, 4) is 0 Å². The molecule has 0 unspecified atom stereocenters. The fourth-order valence-corrected chi connectivity index (χ4v) is 8.96. The Bertz CT molecular complexity index is 858. The topological polar surface area (TPSA) is 6.48 Å². The fraction of sp³-hybridized carbons (Fsp3) is 0.533. The van der Waals surface area contributed by atoms with Crippen LogP contribution in [-0.4, -0.2) is 17.7 Å². The van der Waals surface area contributed by atoms with Crippen molar-refractivity contribution in [2.24, 2.45) is 0 Å². The van der Waals surface area contributed by atoms with Gasteiger partial charge in [0, 0.05) is 0 Å². The summed E-state index contributed by atoms with van der Waals surface area (Å²) >= 11 is -1.45. The molecule has 2 nitrogen and oxygen atoms in total. The van der Waals surface area contributed by atoms with Gasteiger partial charge in [-0.05, 0) is 0 Å². The molecule has 0 bridgehead atoms. The number of allylic oxidation sites excluding steroid dienone is 1. The molecular formula is C30H44ClN2Pd. The SMILES string of the molecule is C=C[CH2][Pd]([Cl])[CH]1N(c2c(C(C)C)cccc2C(C)C)CCN1c1c(C(C)C)cccc1C(C)C. The van der Waals surface area contributed by atoms with Crippen LogP contribution in [-0.2, 0) is 15.7 Å². The van der Waals surface area contributed by atoms with Crippen LogP contribution in [0.3, 0.4) is 0 Å². The van der Waals surface area contributed by atoms with E-state index >= 15 is 0 Å². The standard InChI is InChI=1S/C27H39N2.C3H5.ClH.Pd/c1-18(2)22-11-9-12-23(19(3)4)26(22)28-15-16-29(17-28)27-24(20(5)6)13-10-14-25(27)21(7)8;1-3-2;;/h9-14,17-21H,15-16H2,1-8H3;3H,1-2H2;1H;/q;;;+1/p-1. The number of hydrogen-bond acceptors (Lipinski definition) is 2. The van der Waals surface area contributed by atoms with E-state index in [1.54, 1.807) is 0 Å². The van der Waals surface area contributed by atoms with E-state index in [0.29, 0.717) is 23.7 Å². The molecule has 1 aliphatic rings. The Labute approximate surface area is 218 Å². The molecule has 0 spiro atoms. The molecule has 191 valence electrons. The van der Waals surface area contributed by atoms with E-state index in [4.69, 9.17) is 9.53 Å². The Morgan fingerprint density at radius 2 is 1.09 bits per heavy atom. The van der Waals surface area contributed by atoms with Crippen LogP contribution < -0.4 is 9.80 Å². The van der Waals surface area contributed by atoms with Gasteiger partial charge in [0.1, 0.15) is 0 Å². The molecule has 0 amide bonds. The van der Waals surface area contributed by atoms with Gasteiger partial charge in [-0.25, -0.2) is 0 Å². The zero-order valence-corrected chi connectivity index (χ0v) is 24.7. The Kier molecular flexibility index (Phi) is 9.36. The molecule has 0 saturated carbocycles. The molecule has 1 aliphatic heterocycles. The van der Waals surface area contributed by atoms with E-state index in [-0.39, 0.29) is 4.64 Å². The van der Waals surface area contributed by atoms with Gasteiger partial charge < -0.3 is 0 Å². The number of anilines is 2. The van der Waals surface area contributed by atoms with Gasteiger partial charge in [-0.3, -0.25) is 0 Å². The Hall–Kier alpha value is -1.27. The summed E-state index contributed by atoms with van der Waals surface area (Å²) in [5, 5.41) is 0.